The third-order valence-electron chi connectivity index (χ3n) is 2.92. The number of carboxylic acids is 1. The number of aryl methyl sites for hydroxylation is 2. The van der Waals surface area contributed by atoms with Crippen LogP contribution in [-0.4, -0.2) is 45.4 Å². The molecule has 20 heavy (non-hydrogen) atoms. The van der Waals surface area contributed by atoms with Crippen LogP contribution in [0.1, 0.15) is 33.0 Å². The first-order valence-electron chi connectivity index (χ1n) is 6.21. The van der Waals surface area contributed by atoms with Gasteiger partial charge in [0.2, 0.25) is 0 Å². The molecular formula is C12H21N3O4S. The Morgan fingerprint density at radius 1 is 1.45 bits per heavy atom. The predicted octanol–water partition coefficient (Wildman–Crippen LogP) is 0.992. The second-order valence-electron chi connectivity index (χ2n) is 5.63. The molecule has 8 heteroatoms. The van der Waals surface area contributed by atoms with E-state index < -0.39 is 21.5 Å². The minimum Gasteiger partial charge on any atom is -0.481 e. The molecule has 1 aromatic rings. The van der Waals surface area contributed by atoms with Crippen LogP contribution in [-0.2, 0) is 21.9 Å². The van der Waals surface area contributed by atoms with Crippen LogP contribution >= 0.6 is 0 Å². The van der Waals surface area contributed by atoms with E-state index in [2.05, 4.69) is 4.98 Å². The van der Waals surface area contributed by atoms with E-state index in [0.717, 1.165) is 0 Å². The lowest BCUT2D eigenvalue weighted by molar-refractivity contribution is -0.137. The number of hydrogen-bond acceptors (Lipinski definition) is 4. The Morgan fingerprint density at radius 2 is 2.00 bits per heavy atom. The van der Waals surface area contributed by atoms with Crippen molar-refractivity contribution >= 4 is 16.0 Å². The highest BCUT2D eigenvalue weighted by Gasteiger charge is 2.35. The van der Waals surface area contributed by atoms with Crippen molar-refractivity contribution in [1.29, 1.82) is 0 Å². The number of carboxylic acid groups (broad SMARTS) is 1. The van der Waals surface area contributed by atoms with Gasteiger partial charge in [0.15, 0.2) is 5.03 Å². The summed E-state index contributed by atoms with van der Waals surface area (Å²) in [5.41, 5.74) is -0.723. The van der Waals surface area contributed by atoms with Gasteiger partial charge in [-0.3, -0.25) is 4.79 Å². The average Bonchev–Trinajstić information content (AvgIpc) is 2.57. The number of imidazole rings is 1. The van der Waals surface area contributed by atoms with Crippen LogP contribution < -0.4 is 0 Å². The number of aliphatic carboxylic acids is 1. The molecule has 0 amide bonds. The summed E-state index contributed by atoms with van der Waals surface area (Å²) in [5, 5.41) is 8.71. The SMILES string of the molecule is Cc1nc(S(=O)(=O)N(CCC(=O)O)C(C)(C)C)cn1C. The van der Waals surface area contributed by atoms with Crippen molar-refractivity contribution in [3.05, 3.63) is 12.0 Å². The lowest BCUT2D eigenvalue weighted by atomic mass is 10.1. The molecule has 7 nitrogen and oxygen atoms in total. The second-order valence-corrected chi connectivity index (χ2v) is 7.44. The molecule has 0 radical (unpaired) electrons. The number of sulfonamides is 1. The van der Waals surface area contributed by atoms with Gasteiger partial charge in [-0.1, -0.05) is 0 Å². The van der Waals surface area contributed by atoms with Crippen molar-refractivity contribution in [3.8, 4) is 0 Å². The molecule has 1 heterocycles. The monoisotopic (exact) mass is 303 g/mol. The predicted molar refractivity (Wildman–Crippen MR) is 73.8 cm³/mol. The van der Waals surface area contributed by atoms with Gasteiger partial charge < -0.3 is 9.67 Å². The molecule has 0 aromatic carbocycles. The summed E-state index contributed by atoms with van der Waals surface area (Å²) < 4.78 is 28.0. The Bertz CT molecular complexity index is 579. The maximum absolute atomic E-state index is 12.6. The fraction of sp³-hybridized carbons (Fsp3) is 0.667. The van der Waals surface area contributed by atoms with Crippen molar-refractivity contribution in [1.82, 2.24) is 13.9 Å². The number of carbonyl (C=O) groups is 1. The molecule has 0 saturated carbocycles. The number of rotatable bonds is 5. The Balaban J connectivity index is 3.21. The summed E-state index contributed by atoms with van der Waals surface area (Å²) in [7, 11) is -2.11. The molecule has 0 saturated heterocycles. The molecule has 0 aliphatic heterocycles. The van der Waals surface area contributed by atoms with Crippen LogP contribution in [0.25, 0.3) is 0 Å². The third-order valence-corrected chi connectivity index (χ3v) is 4.95. The first-order valence-corrected chi connectivity index (χ1v) is 7.65. The fourth-order valence-electron chi connectivity index (χ4n) is 1.78. The van der Waals surface area contributed by atoms with Crippen LogP contribution in [0.3, 0.4) is 0 Å². The quantitative estimate of drug-likeness (QED) is 0.875. The standard InChI is InChI=1S/C12H21N3O4S/c1-9-13-10(8-14(9)5)20(18,19)15(12(2,3)4)7-6-11(16)17/h8H,6-7H2,1-5H3,(H,16,17). The molecule has 0 aliphatic rings. The lowest BCUT2D eigenvalue weighted by Gasteiger charge is -2.33. The van der Waals surface area contributed by atoms with Crippen LogP contribution in [0.15, 0.2) is 11.2 Å². The van der Waals surface area contributed by atoms with Crippen molar-refractivity contribution in [2.45, 2.75) is 44.7 Å². The van der Waals surface area contributed by atoms with Gasteiger partial charge in [-0.15, -0.1) is 0 Å². The van der Waals surface area contributed by atoms with Crippen LogP contribution in [0.2, 0.25) is 0 Å². The van der Waals surface area contributed by atoms with E-state index in [1.54, 1.807) is 39.3 Å². The Hall–Kier alpha value is -1.41. The van der Waals surface area contributed by atoms with Crippen molar-refractivity contribution < 1.29 is 18.3 Å². The summed E-state index contributed by atoms with van der Waals surface area (Å²) in [4.78, 5) is 14.7. The molecule has 114 valence electrons. The van der Waals surface area contributed by atoms with Gasteiger partial charge in [-0.25, -0.2) is 13.4 Å². The van der Waals surface area contributed by atoms with Crippen LogP contribution in [0, 0.1) is 6.92 Å². The number of hydrogen-bond donors (Lipinski definition) is 1. The smallest absolute Gasteiger partial charge is 0.304 e. The van der Waals surface area contributed by atoms with Crippen LogP contribution in [0.5, 0.6) is 0 Å². The first-order chi connectivity index (χ1) is 8.96. The maximum Gasteiger partial charge on any atom is 0.304 e. The molecule has 0 spiro atoms. The molecule has 0 atom stereocenters. The maximum atomic E-state index is 12.6. The first kappa shape index (κ1) is 16.6. The zero-order chi connectivity index (χ0) is 15.7. The molecule has 0 bridgehead atoms. The molecule has 1 aromatic heterocycles. The van der Waals surface area contributed by atoms with Gasteiger partial charge in [0.1, 0.15) is 5.82 Å². The normalized spacial score (nSPS) is 12.9. The molecule has 1 N–H and O–H groups in total. The summed E-state index contributed by atoms with van der Waals surface area (Å²) in [5.74, 6) is -0.456. The van der Waals surface area contributed by atoms with Gasteiger partial charge in [-0.05, 0) is 27.7 Å². The summed E-state index contributed by atoms with van der Waals surface area (Å²) in [6.07, 6.45) is 1.19. The summed E-state index contributed by atoms with van der Waals surface area (Å²) in [6.45, 7) is 6.79. The molecule has 0 fully saturated rings. The molecule has 0 aliphatic carbocycles. The minimum absolute atomic E-state index is 0.0576. The highest BCUT2D eigenvalue weighted by atomic mass is 32.2. The third kappa shape index (κ3) is 3.57. The van der Waals surface area contributed by atoms with Crippen LogP contribution in [0.4, 0.5) is 0 Å². The topological polar surface area (TPSA) is 92.5 Å². The largest absolute Gasteiger partial charge is 0.481 e. The van der Waals surface area contributed by atoms with E-state index in [1.165, 1.54) is 10.5 Å². The second kappa shape index (κ2) is 5.53. The molecule has 1 rings (SSSR count). The number of aromatic nitrogens is 2. The van der Waals surface area contributed by atoms with Crippen molar-refractivity contribution in [2.75, 3.05) is 6.54 Å². The fourth-order valence-corrected chi connectivity index (χ4v) is 3.59. The van der Waals surface area contributed by atoms with Gasteiger partial charge in [0, 0.05) is 25.3 Å². The van der Waals surface area contributed by atoms with E-state index in [-0.39, 0.29) is 18.0 Å². The van der Waals surface area contributed by atoms with Gasteiger partial charge in [0.05, 0.1) is 6.42 Å². The highest BCUT2D eigenvalue weighted by Crippen LogP contribution is 2.24. The molecular weight excluding hydrogens is 282 g/mol. The highest BCUT2D eigenvalue weighted by molar-refractivity contribution is 7.89. The van der Waals surface area contributed by atoms with Gasteiger partial charge in [-0.2, -0.15) is 4.31 Å². The Morgan fingerprint density at radius 3 is 2.35 bits per heavy atom. The van der Waals surface area contributed by atoms with E-state index in [9.17, 15) is 13.2 Å². The van der Waals surface area contributed by atoms with E-state index in [1.807, 2.05) is 0 Å². The minimum atomic E-state index is -3.82. The van der Waals surface area contributed by atoms with Gasteiger partial charge in [0.25, 0.3) is 10.0 Å². The summed E-state index contributed by atoms with van der Waals surface area (Å²) in [6, 6.07) is 0. The molecule has 0 unspecified atom stereocenters. The van der Waals surface area contributed by atoms with E-state index in [4.69, 9.17) is 5.11 Å². The van der Waals surface area contributed by atoms with Crippen molar-refractivity contribution in [2.24, 2.45) is 7.05 Å². The zero-order valence-corrected chi connectivity index (χ0v) is 13.2. The van der Waals surface area contributed by atoms with E-state index in [0.29, 0.717) is 5.82 Å². The van der Waals surface area contributed by atoms with E-state index >= 15 is 0 Å². The average molecular weight is 303 g/mol. The number of nitrogens with zero attached hydrogens (tertiary/aromatic N) is 3. The zero-order valence-electron chi connectivity index (χ0n) is 12.4. The van der Waals surface area contributed by atoms with Gasteiger partial charge >= 0.3 is 5.97 Å². The lowest BCUT2D eigenvalue weighted by Crippen LogP contribution is -2.46. The Labute approximate surface area is 119 Å². The summed E-state index contributed by atoms with van der Waals surface area (Å²) >= 11 is 0. The Kier molecular flexibility index (Phi) is 4.60. The van der Waals surface area contributed by atoms with Crippen molar-refractivity contribution in [3.63, 3.8) is 0 Å².